The highest BCUT2D eigenvalue weighted by molar-refractivity contribution is 7.99. The van der Waals surface area contributed by atoms with E-state index in [1.165, 1.54) is 35.5 Å². The number of aromatic nitrogens is 6. The fourth-order valence-corrected chi connectivity index (χ4v) is 7.39. The standard InChI is InChI=1S/C19H18F3N3O2S.C19H18F3N3S/c1-4-28(26,27)17-11-15(19(20,21)22)9-10-16(17)25-13(3)18(23-24-25)14-7-5-12(2)6-8-14;1-4-26-17-11-15(19(20,21)22)9-10-16(17)25-13(3)18(23-24-25)14-7-5-12(2)6-8-14/h5-11H,4H2,1-3H3;5-11H,4H2,1-3H3. The molecule has 0 aliphatic rings. The van der Waals surface area contributed by atoms with Gasteiger partial charge in [0.25, 0.3) is 0 Å². The summed E-state index contributed by atoms with van der Waals surface area (Å²) in [4.78, 5) is 0.110. The van der Waals surface area contributed by atoms with Crippen LogP contribution in [0.15, 0.2) is 94.7 Å². The van der Waals surface area contributed by atoms with Gasteiger partial charge in [0.1, 0.15) is 11.4 Å². The molecule has 4 aromatic carbocycles. The highest BCUT2D eigenvalue weighted by Gasteiger charge is 2.34. The lowest BCUT2D eigenvalue weighted by Gasteiger charge is -2.14. The van der Waals surface area contributed by atoms with Crippen LogP contribution in [0.25, 0.3) is 33.9 Å². The van der Waals surface area contributed by atoms with Crippen LogP contribution >= 0.6 is 11.8 Å². The van der Waals surface area contributed by atoms with E-state index in [1.54, 1.807) is 11.6 Å². The molecule has 284 valence electrons. The number of aryl methyl sites for hydroxylation is 2. The Labute approximate surface area is 313 Å². The summed E-state index contributed by atoms with van der Waals surface area (Å²) in [5, 5.41) is 16.6. The number of sulfone groups is 1. The number of rotatable bonds is 8. The first-order valence-electron chi connectivity index (χ1n) is 16.6. The minimum atomic E-state index is -4.65. The summed E-state index contributed by atoms with van der Waals surface area (Å²) in [5.41, 5.74) is 5.42. The van der Waals surface area contributed by atoms with E-state index in [0.29, 0.717) is 33.8 Å². The van der Waals surface area contributed by atoms with E-state index in [2.05, 4.69) is 20.6 Å². The fraction of sp³-hybridized carbons (Fsp3) is 0.263. The quantitative estimate of drug-likeness (QED) is 0.112. The van der Waals surface area contributed by atoms with Gasteiger partial charge < -0.3 is 0 Å². The summed E-state index contributed by atoms with van der Waals surface area (Å²) < 4.78 is 106. The van der Waals surface area contributed by atoms with E-state index in [-0.39, 0.29) is 11.4 Å². The third-order valence-corrected chi connectivity index (χ3v) is 11.2. The second kappa shape index (κ2) is 15.8. The zero-order chi connectivity index (χ0) is 39.6. The minimum Gasteiger partial charge on any atom is -0.224 e. The number of thioether (sulfide) groups is 1. The normalized spacial score (nSPS) is 12.1. The SMILES string of the molecule is CCS(=O)(=O)c1cc(C(F)(F)F)ccc1-n1nnc(-c2ccc(C)cc2)c1C.CCSc1cc(C(F)(F)F)ccc1-n1nnc(-c2ccc(C)cc2)c1C. The number of hydrogen-bond acceptors (Lipinski definition) is 7. The molecular formula is C38H36F6N6O2S2. The third-order valence-electron chi connectivity index (χ3n) is 8.48. The lowest BCUT2D eigenvalue weighted by atomic mass is 10.1. The van der Waals surface area contributed by atoms with E-state index in [4.69, 9.17) is 0 Å². The molecule has 0 unspecified atom stereocenters. The molecule has 2 heterocycles. The molecule has 16 heteroatoms. The van der Waals surface area contributed by atoms with Gasteiger partial charge in [0.05, 0.1) is 44.5 Å². The van der Waals surface area contributed by atoms with Crippen molar-refractivity contribution in [3.63, 3.8) is 0 Å². The molecule has 6 aromatic rings. The average molecular weight is 787 g/mol. The van der Waals surface area contributed by atoms with E-state index in [0.717, 1.165) is 51.8 Å². The van der Waals surface area contributed by atoms with Crippen molar-refractivity contribution in [3.05, 3.63) is 119 Å². The van der Waals surface area contributed by atoms with Gasteiger partial charge in [-0.15, -0.1) is 22.0 Å². The number of halogens is 6. The molecule has 0 bridgehead atoms. The maximum absolute atomic E-state index is 13.1. The number of alkyl halides is 6. The van der Waals surface area contributed by atoms with Crippen molar-refractivity contribution in [3.8, 4) is 33.9 Å². The predicted octanol–water partition coefficient (Wildman–Crippen LogP) is 10.0. The van der Waals surface area contributed by atoms with Gasteiger partial charge >= 0.3 is 12.4 Å². The van der Waals surface area contributed by atoms with Crippen LogP contribution in [0.2, 0.25) is 0 Å². The number of benzene rings is 4. The Hall–Kier alpha value is -4.96. The van der Waals surface area contributed by atoms with Crippen LogP contribution < -0.4 is 0 Å². The lowest BCUT2D eigenvalue weighted by molar-refractivity contribution is -0.138. The Morgan fingerprint density at radius 2 is 1.04 bits per heavy atom. The third kappa shape index (κ3) is 8.70. The molecule has 0 fully saturated rings. The summed E-state index contributed by atoms with van der Waals surface area (Å²) in [6, 6.07) is 21.8. The summed E-state index contributed by atoms with van der Waals surface area (Å²) in [7, 11) is -3.93. The summed E-state index contributed by atoms with van der Waals surface area (Å²) in [6.07, 6.45) is -9.02. The molecule has 0 N–H and O–H groups in total. The zero-order valence-electron chi connectivity index (χ0n) is 30.1. The van der Waals surface area contributed by atoms with E-state index in [1.807, 2.05) is 76.2 Å². The molecule has 0 radical (unpaired) electrons. The topological polar surface area (TPSA) is 95.6 Å². The van der Waals surface area contributed by atoms with Gasteiger partial charge in [-0.1, -0.05) is 83.9 Å². The van der Waals surface area contributed by atoms with Crippen LogP contribution in [0.4, 0.5) is 26.3 Å². The average Bonchev–Trinajstić information content (AvgIpc) is 3.70. The zero-order valence-corrected chi connectivity index (χ0v) is 31.7. The van der Waals surface area contributed by atoms with Gasteiger partial charge in [0.2, 0.25) is 0 Å². The first-order valence-corrected chi connectivity index (χ1v) is 19.3. The van der Waals surface area contributed by atoms with E-state index >= 15 is 0 Å². The molecule has 2 aromatic heterocycles. The molecule has 6 rings (SSSR count). The first-order chi connectivity index (χ1) is 25.3. The van der Waals surface area contributed by atoms with Crippen molar-refractivity contribution in [2.75, 3.05) is 11.5 Å². The predicted molar refractivity (Wildman–Crippen MR) is 197 cm³/mol. The molecule has 0 atom stereocenters. The summed E-state index contributed by atoms with van der Waals surface area (Å²) in [5.74, 6) is 0.326. The van der Waals surface area contributed by atoms with Crippen molar-refractivity contribution in [1.82, 2.24) is 30.0 Å². The summed E-state index contributed by atoms with van der Waals surface area (Å²) in [6.45, 7) is 10.8. The second-order valence-corrected chi connectivity index (χ2v) is 15.9. The highest BCUT2D eigenvalue weighted by Crippen LogP contribution is 2.37. The molecule has 0 saturated carbocycles. The van der Waals surface area contributed by atoms with Crippen LogP contribution in [0.3, 0.4) is 0 Å². The Kier molecular flexibility index (Phi) is 11.8. The van der Waals surface area contributed by atoms with E-state index in [9.17, 15) is 34.8 Å². The molecule has 0 saturated heterocycles. The maximum atomic E-state index is 13.1. The van der Waals surface area contributed by atoms with Crippen molar-refractivity contribution < 1.29 is 34.8 Å². The van der Waals surface area contributed by atoms with Gasteiger partial charge in [-0.25, -0.2) is 17.8 Å². The molecule has 0 amide bonds. The number of hydrogen-bond donors (Lipinski definition) is 0. The Morgan fingerprint density at radius 3 is 1.46 bits per heavy atom. The Morgan fingerprint density at radius 1 is 0.611 bits per heavy atom. The van der Waals surface area contributed by atoms with Gasteiger partial charge in [0, 0.05) is 16.0 Å². The van der Waals surface area contributed by atoms with Crippen molar-refractivity contribution in [1.29, 1.82) is 0 Å². The van der Waals surface area contributed by atoms with Crippen LogP contribution in [-0.4, -0.2) is 49.9 Å². The minimum absolute atomic E-state index is 0.0400. The molecule has 0 aliphatic carbocycles. The van der Waals surface area contributed by atoms with E-state index < -0.39 is 38.2 Å². The molecule has 0 aliphatic heterocycles. The second-order valence-electron chi connectivity index (χ2n) is 12.3. The van der Waals surface area contributed by atoms with Crippen LogP contribution in [-0.2, 0) is 22.2 Å². The Bertz CT molecular complexity index is 2370. The largest absolute Gasteiger partial charge is 0.416 e. The van der Waals surface area contributed by atoms with Crippen LogP contribution in [0.5, 0.6) is 0 Å². The molecule has 0 spiro atoms. The first kappa shape index (κ1) is 40.2. The lowest BCUT2D eigenvalue weighted by Crippen LogP contribution is -2.14. The van der Waals surface area contributed by atoms with Crippen LogP contribution in [0.1, 0.15) is 47.5 Å². The van der Waals surface area contributed by atoms with Crippen LogP contribution in [0, 0.1) is 27.7 Å². The van der Waals surface area contributed by atoms with Gasteiger partial charge in [-0.05, 0) is 69.8 Å². The van der Waals surface area contributed by atoms with Crippen molar-refractivity contribution >= 4 is 21.6 Å². The van der Waals surface area contributed by atoms with Gasteiger partial charge in [0.15, 0.2) is 9.84 Å². The highest BCUT2D eigenvalue weighted by atomic mass is 32.2. The molecule has 54 heavy (non-hydrogen) atoms. The monoisotopic (exact) mass is 786 g/mol. The summed E-state index contributed by atoms with van der Waals surface area (Å²) >= 11 is 1.35. The van der Waals surface area contributed by atoms with Crippen molar-refractivity contribution in [2.24, 2.45) is 0 Å². The molecule has 8 nitrogen and oxygen atoms in total. The van der Waals surface area contributed by atoms with Gasteiger partial charge in [-0.2, -0.15) is 26.3 Å². The fourth-order valence-electron chi connectivity index (χ4n) is 5.48. The molecular weight excluding hydrogens is 751 g/mol. The Balaban J connectivity index is 0.000000208. The van der Waals surface area contributed by atoms with Crippen molar-refractivity contribution in [2.45, 2.75) is 63.7 Å². The smallest absolute Gasteiger partial charge is 0.224 e. The van der Waals surface area contributed by atoms with Gasteiger partial charge in [-0.3, -0.25) is 0 Å². The number of nitrogens with zero attached hydrogens (tertiary/aromatic N) is 6. The maximum Gasteiger partial charge on any atom is 0.416 e.